The van der Waals surface area contributed by atoms with E-state index in [1.807, 2.05) is 30.3 Å². The number of benzene rings is 1. The smallest absolute Gasteiger partial charge is 0.340 e. The number of esters is 1. The zero-order valence-corrected chi connectivity index (χ0v) is 10.3. The van der Waals surface area contributed by atoms with Gasteiger partial charge in [-0.1, -0.05) is 41.9 Å². The molecule has 2 aromatic rings. The molecule has 0 N–H and O–H groups in total. The Morgan fingerprint density at radius 1 is 1.22 bits per heavy atom. The van der Waals surface area contributed by atoms with Crippen LogP contribution in [-0.4, -0.2) is 17.6 Å². The van der Waals surface area contributed by atoms with Crippen LogP contribution in [0.15, 0.2) is 36.4 Å². The van der Waals surface area contributed by atoms with Crippen LogP contribution in [-0.2, 0) is 11.2 Å². The third-order valence-corrected chi connectivity index (χ3v) is 3.12. The van der Waals surface area contributed by atoms with Crippen LogP contribution in [0.3, 0.4) is 0 Å². The SMILES string of the molecule is O=C1OCCc2cc(Cl)nc(-c3ccccc3)c21. The van der Waals surface area contributed by atoms with Crippen molar-refractivity contribution in [2.75, 3.05) is 6.61 Å². The molecular weight excluding hydrogens is 250 g/mol. The van der Waals surface area contributed by atoms with E-state index in [0.29, 0.717) is 29.4 Å². The first-order valence-electron chi connectivity index (χ1n) is 5.67. The molecule has 0 aliphatic carbocycles. The molecule has 0 radical (unpaired) electrons. The van der Waals surface area contributed by atoms with Crippen molar-refractivity contribution >= 4 is 17.6 Å². The minimum Gasteiger partial charge on any atom is -0.462 e. The highest BCUT2D eigenvalue weighted by Crippen LogP contribution is 2.29. The van der Waals surface area contributed by atoms with Gasteiger partial charge in [-0.2, -0.15) is 0 Å². The minimum atomic E-state index is -0.320. The highest BCUT2D eigenvalue weighted by Gasteiger charge is 2.24. The fourth-order valence-corrected chi connectivity index (χ4v) is 2.33. The predicted molar refractivity (Wildman–Crippen MR) is 68.7 cm³/mol. The van der Waals surface area contributed by atoms with Gasteiger partial charge in [0.15, 0.2) is 0 Å². The van der Waals surface area contributed by atoms with Crippen molar-refractivity contribution in [2.24, 2.45) is 0 Å². The molecule has 1 aliphatic rings. The molecule has 1 aromatic carbocycles. The zero-order chi connectivity index (χ0) is 12.5. The minimum absolute atomic E-state index is 0.320. The molecule has 0 saturated carbocycles. The Hall–Kier alpha value is -1.87. The van der Waals surface area contributed by atoms with Gasteiger partial charge < -0.3 is 4.74 Å². The lowest BCUT2D eigenvalue weighted by Gasteiger charge is -2.18. The van der Waals surface area contributed by atoms with Crippen molar-refractivity contribution in [1.82, 2.24) is 4.98 Å². The third-order valence-electron chi connectivity index (χ3n) is 2.93. The van der Waals surface area contributed by atoms with Crippen molar-refractivity contribution < 1.29 is 9.53 Å². The molecule has 0 amide bonds. The molecule has 0 bridgehead atoms. The van der Waals surface area contributed by atoms with Gasteiger partial charge in [0.25, 0.3) is 0 Å². The van der Waals surface area contributed by atoms with Crippen LogP contribution < -0.4 is 0 Å². The second-order valence-electron chi connectivity index (χ2n) is 4.08. The van der Waals surface area contributed by atoms with E-state index in [9.17, 15) is 4.79 Å². The van der Waals surface area contributed by atoms with E-state index in [4.69, 9.17) is 16.3 Å². The van der Waals surface area contributed by atoms with Crippen molar-refractivity contribution in [1.29, 1.82) is 0 Å². The molecule has 3 rings (SSSR count). The number of rotatable bonds is 1. The van der Waals surface area contributed by atoms with E-state index < -0.39 is 0 Å². The molecule has 0 atom stereocenters. The molecule has 0 fully saturated rings. The summed E-state index contributed by atoms with van der Waals surface area (Å²) in [6.07, 6.45) is 0.684. The summed E-state index contributed by atoms with van der Waals surface area (Å²) in [7, 11) is 0. The number of cyclic esters (lactones) is 1. The topological polar surface area (TPSA) is 39.2 Å². The first-order chi connectivity index (χ1) is 8.75. The number of hydrogen-bond donors (Lipinski definition) is 0. The molecule has 0 saturated heterocycles. The standard InChI is InChI=1S/C14H10ClNO2/c15-11-8-10-6-7-18-14(17)12(10)13(16-11)9-4-2-1-3-5-9/h1-5,8H,6-7H2. The zero-order valence-electron chi connectivity index (χ0n) is 9.52. The number of ether oxygens (including phenoxy) is 1. The number of nitrogens with zero attached hydrogens (tertiary/aromatic N) is 1. The number of hydrogen-bond acceptors (Lipinski definition) is 3. The van der Waals surface area contributed by atoms with E-state index in [2.05, 4.69) is 4.98 Å². The van der Waals surface area contributed by atoms with Crippen LogP contribution in [0.5, 0.6) is 0 Å². The average Bonchev–Trinajstić information content (AvgIpc) is 2.39. The Balaban J connectivity index is 2.26. The average molecular weight is 260 g/mol. The largest absolute Gasteiger partial charge is 0.462 e. The lowest BCUT2D eigenvalue weighted by atomic mass is 9.98. The summed E-state index contributed by atoms with van der Waals surface area (Å²) < 4.78 is 5.08. The Bertz CT molecular complexity index is 611. The number of carbonyl (C=O) groups is 1. The molecule has 1 aromatic heterocycles. The van der Waals surface area contributed by atoms with Gasteiger partial charge in [-0.15, -0.1) is 0 Å². The van der Waals surface area contributed by atoms with Gasteiger partial charge in [-0.25, -0.2) is 9.78 Å². The van der Waals surface area contributed by atoms with Crippen molar-refractivity contribution in [3.63, 3.8) is 0 Å². The summed E-state index contributed by atoms with van der Waals surface area (Å²) in [6, 6.07) is 11.3. The first-order valence-corrected chi connectivity index (χ1v) is 6.05. The van der Waals surface area contributed by atoms with Gasteiger partial charge in [0.1, 0.15) is 5.15 Å². The number of aromatic nitrogens is 1. The fourth-order valence-electron chi connectivity index (χ4n) is 2.12. The van der Waals surface area contributed by atoms with Gasteiger partial charge in [0.2, 0.25) is 0 Å². The van der Waals surface area contributed by atoms with Gasteiger partial charge in [0.05, 0.1) is 17.9 Å². The summed E-state index contributed by atoms with van der Waals surface area (Å²) in [5.41, 5.74) is 2.92. The van der Waals surface area contributed by atoms with Crippen LogP contribution in [0, 0.1) is 0 Å². The second-order valence-corrected chi connectivity index (χ2v) is 4.47. The predicted octanol–water partition coefficient (Wildman–Crippen LogP) is 3.11. The number of carbonyl (C=O) groups excluding carboxylic acids is 1. The van der Waals surface area contributed by atoms with Crippen molar-refractivity contribution in [3.8, 4) is 11.3 Å². The maximum absolute atomic E-state index is 11.9. The summed E-state index contributed by atoms with van der Waals surface area (Å²) in [5.74, 6) is -0.320. The molecule has 18 heavy (non-hydrogen) atoms. The lowest BCUT2D eigenvalue weighted by molar-refractivity contribution is 0.0481. The Morgan fingerprint density at radius 2 is 2.00 bits per heavy atom. The van der Waals surface area contributed by atoms with E-state index >= 15 is 0 Å². The summed E-state index contributed by atoms with van der Waals surface area (Å²) in [6.45, 7) is 0.403. The van der Waals surface area contributed by atoms with Crippen molar-refractivity contribution in [3.05, 3.63) is 52.7 Å². The van der Waals surface area contributed by atoms with Crippen LogP contribution in [0.2, 0.25) is 5.15 Å². The third kappa shape index (κ3) is 1.87. The van der Waals surface area contributed by atoms with Gasteiger partial charge >= 0.3 is 5.97 Å². The normalized spacial score (nSPS) is 13.9. The molecule has 4 heteroatoms. The number of pyridine rings is 1. The highest BCUT2D eigenvalue weighted by atomic mass is 35.5. The Kier molecular flexibility index (Phi) is 2.76. The van der Waals surface area contributed by atoms with Crippen LogP contribution >= 0.6 is 11.6 Å². The maximum Gasteiger partial charge on any atom is 0.340 e. The number of fused-ring (bicyclic) bond motifs is 1. The molecule has 0 unspecified atom stereocenters. The Labute approximate surface area is 109 Å². The Morgan fingerprint density at radius 3 is 2.78 bits per heavy atom. The van der Waals surface area contributed by atoms with Gasteiger partial charge in [0, 0.05) is 12.0 Å². The first kappa shape index (κ1) is 11.2. The summed E-state index contributed by atoms with van der Waals surface area (Å²) in [5, 5.41) is 0.405. The van der Waals surface area contributed by atoms with Crippen molar-refractivity contribution in [2.45, 2.75) is 6.42 Å². The van der Waals surface area contributed by atoms with E-state index in [1.165, 1.54) is 0 Å². The van der Waals surface area contributed by atoms with E-state index in [0.717, 1.165) is 11.1 Å². The van der Waals surface area contributed by atoms with Crippen LogP contribution in [0.4, 0.5) is 0 Å². The second kappa shape index (κ2) is 4.42. The molecule has 90 valence electrons. The monoisotopic (exact) mass is 259 g/mol. The lowest BCUT2D eigenvalue weighted by Crippen LogP contribution is -2.19. The van der Waals surface area contributed by atoms with Gasteiger partial charge in [-0.3, -0.25) is 0 Å². The van der Waals surface area contributed by atoms with Crippen LogP contribution in [0.1, 0.15) is 15.9 Å². The molecule has 0 spiro atoms. The summed E-state index contributed by atoms with van der Waals surface area (Å²) >= 11 is 6.02. The molecule has 1 aliphatic heterocycles. The maximum atomic E-state index is 11.9. The molecule has 2 heterocycles. The van der Waals surface area contributed by atoms with E-state index in [-0.39, 0.29) is 5.97 Å². The quantitative estimate of drug-likeness (QED) is 0.583. The van der Waals surface area contributed by atoms with E-state index in [1.54, 1.807) is 6.07 Å². The fraction of sp³-hybridized carbons (Fsp3) is 0.143. The highest BCUT2D eigenvalue weighted by molar-refractivity contribution is 6.29. The molecular formula is C14H10ClNO2. The van der Waals surface area contributed by atoms with Gasteiger partial charge in [-0.05, 0) is 11.6 Å². The number of halogens is 1. The molecule has 3 nitrogen and oxygen atoms in total. The van der Waals surface area contributed by atoms with Crippen LogP contribution in [0.25, 0.3) is 11.3 Å². The summed E-state index contributed by atoms with van der Waals surface area (Å²) in [4.78, 5) is 16.2.